The number of anilines is 1. The van der Waals surface area contributed by atoms with Crippen molar-refractivity contribution in [2.45, 2.75) is 19.3 Å². The Hall–Kier alpha value is -3.15. The van der Waals surface area contributed by atoms with Crippen molar-refractivity contribution in [3.63, 3.8) is 0 Å². The van der Waals surface area contributed by atoms with Gasteiger partial charge in [0.1, 0.15) is 10.7 Å². The highest BCUT2D eigenvalue weighted by molar-refractivity contribution is 6.13. The van der Waals surface area contributed by atoms with E-state index < -0.39 is 4.92 Å². The van der Waals surface area contributed by atoms with Crippen LogP contribution < -0.4 is 4.90 Å². The summed E-state index contributed by atoms with van der Waals surface area (Å²) < 4.78 is 5.13. The molecule has 0 amide bonds. The summed E-state index contributed by atoms with van der Waals surface area (Å²) in [5, 5.41) is 10.7. The first kappa shape index (κ1) is 17.7. The highest BCUT2D eigenvalue weighted by atomic mass is 16.6. The number of Topliss-reactive ketones (excluding diaryl/α,β-unsaturated/α-hetero) is 1. The van der Waals surface area contributed by atoms with E-state index in [1.165, 1.54) is 12.1 Å². The van der Waals surface area contributed by atoms with Crippen LogP contribution in [0.25, 0.3) is 12.2 Å². The lowest BCUT2D eigenvalue weighted by Gasteiger charge is -2.16. The van der Waals surface area contributed by atoms with E-state index >= 15 is 0 Å². The average molecular weight is 352 g/mol. The van der Waals surface area contributed by atoms with E-state index in [1.807, 2.05) is 49.3 Å². The first-order valence-corrected chi connectivity index (χ1v) is 8.41. The maximum Gasteiger partial charge on any atom is 0.433 e. The van der Waals surface area contributed by atoms with Crippen molar-refractivity contribution in [3.8, 4) is 0 Å². The molecule has 26 heavy (non-hydrogen) atoms. The number of allylic oxidation sites excluding steroid dienone is 2. The SMILES string of the molecule is CN(C)c1ccc(C=C2CCCC(=Cc3ccc([N+](=O)[O-])o3)C2=O)cc1. The standard InChI is InChI=1S/C20H20N2O4/c1-21(2)17-8-6-14(7-9-17)12-15-4-3-5-16(20(15)23)13-18-10-11-19(26-18)22(24)25/h6-13H,3-5H2,1-2H3. The number of carbonyl (C=O) groups excluding carboxylic acids is 1. The zero-order chi connectivity index (χ0) is 18.7. The minimum atomic E-state index is -0.590. The Balaban J connectivity index is 1.82. The monoisotopic (exact) mass is 352 g/mol. The Labute approximate surface area is 151 Å². The fraction of sp³-hybridized carbons (Fsp3) is 0.250. The Morgan fingerprint density at radius 2 is 1.69 bits per heavy atom. The number of ketones is 1. The molecule has 134 valence electrons. The Morgan fingerprint density at radius 3 is 2.27 bits per heavy atom. The Kier molecular flexibility index (Phi) is 5.02. The van der Waals surface area contributed by atoms with Gasteiger partial charge in [-0.15, -0.1) is 0 Å². The topological polar surface area (TPSA) is 76.6 Å². The number of hydrogen-bond donors (Lipinski definition) is 0. The van der Waals surface area contributed by atoms with Crippen LogP contribution in [-0.2, 0) is 4.79 Å². The number of hydrogen-bond acceptors (Lipinski definition) is 5. The second-order valence-electron chi connectivity index (χ2n) is 6.44. The van der Waals surface area contributed by atoms with Gasteiger partial charge < -0.3 is 9.32 Å². The molecule has 1 saturated carbocycles. The lowest BCUT2D eigenvalue weighted by molar-refractivity contribution is -0.402. The molecule has 1 fully saturated rings. The normalized spacial score (nSPS) is 17.7. The maximum absolute atomic E-state index is 12.7. The smallest absolute Gasteiger partial charge is 0.401 e. The van der Waals surface area contributed by atoms with Crippen molar-refractivity contribution in [3.05, 3.63) is 69.0 Å². The van der Waals surface area contributed by atoms with Gasteiger partial charge in [0.2, 0.25) is 0 Å². The van der Waals surface area contributed by atoms with Crippen LogP contribution in [0.15, 0.2) is 52.0 Å². The summed E-state index contributed by atoms with van der Waals surface area (Å²) in [4.78, 5) is 24.9. The van der Waals surface area contributed by atoms with E-state index in [1.54, 1.807) is 6.08 Å². The average Bonchev–Trinajstić information content (AvgIpc) is 3.08. The number of nitro groups is 1. The van der Waals surface area contributed by atoms with E-state index in [0.717, 1.165) is 29.7 Å². The second-order valence-corrected chi connectivity index (χ2v) is 6.44. The van der Waals surface area contributed by atoms with Crippen molar-refractivity contribution in [1.82, 2.24) is 0 Å². The van der Waals surface area contributed by atoms with Gasteiger partial charge in [0.05, 0.1) is 6.07 Å². The van der Waals surface area contributed by atoms with Crippen molar-refractivity contribution in [1.29, 1.82) is 0 Å². The summed E-state index contributed by atoms with van der Waals surface area (Å²) in [5.41, 5.74) is 3.45. The molecule has 0 N–H and O–H groups in total. The zero-order valence-corrected chi connectivity index (χ0v) is 14.8. The van der Waals surface area contributed by atoms with Gasteiger partial charge in [-0.05, 0) is 55.2 Å². The molecule has 0 unspecified atom stereocenters. The molecule has 6 nitrogen and oxygen atoms in total. The first-order chi connectivity index (χ1) is 12.4. The van der Waals surface area contributed by atoms with E-state index in [-0.39, 0.29) is 11.7 Å². The van der Waals surface area contributed by atoms with Gasteiger partial charge in [-0.3, -0.25) is 14.9 Å². The van der Waals surface area contributed by atoms with Gasteiger partial charge in [-0.1, -0.05) is 12.1 Å². The van der Waals surface area contributed by atoms with Crippen molar-refractivity contribution >= 4 is 29.5 Å². The van der Waals surface area contributed by atoms with Gasteiger partial charge in [0.15, 0.2) is 5.78 Å². The molecule has 2 aromatic rings. The highest BCUT2D eigenvalue weighted by Gasteiger charge is 2.21. The lowest BCUT2D eigenvalue weighted by Crippen LogP contribution is -2.12. The van der Waals surface area contributed by atoms with Crippen LogP contribution in [0.5, 0.6) is 0 Å². The van der Waals surface area contributed by atoms with Gasteiger partial charge in [0, 0.05) is 30.9 Å². The summed E-state index contributed by atoms with van der Waals surface area (Å²) in [6.45, 7) is 0. The molecule has 1 aromatic carbocycles. The second kappa shape index (κ2) is 7.39. The predicted octanol–water partition coefficient (Wildman–Crippen LogP) is 4.47. The Morgan fingerprint density at radius 1 is 1.04 bits per heavy atom. The van der Waals surface area contributed by atoms with Crippen LogP contribution in [-0.4, -0.2) is 24.8 Å². The van der Waals surface area contributed by atoms with Gasteiger partial charge in [-0.25, -0.2) is 0 Å². The van der Waals surface area contributed by atoms with Crippen LogP contribution in [0.4, 0.5) is 11.6 Å². The van der Waals surface area contributed by atoms with Gasteiger partial charge in [-0.2, -0.15) is 0 Å². The minimum absolute atomic E-state index is 0.0213. The molecule has 0 atom stereocenters. The number of rotatable bonds is 4. The molecular weight excluding hydrogens is 332 g/mol. The fourth-order valence-corrected chi connectivity index (χ4v) is 2.94. The molecule has 1 aliphatic carbocycles. The molecule has 1 heterocycles. The van der Waals surface area contributed by atoms with Gasteiger partial charge >= 0.3 is 5.88 Å². The number of carbonyl (C=O) groups is 1. The third kappa shape index (κ3) is 3.91. The third-order valence-electron chi connectivity index (χ3n) is 4.33. The molecule has 6 heteroatoms. The molecular formula is C20H20N2O4. The maximum atomic E-state index is 12.7. The lowest BCUT2D eigenvalue weighted by atomic mass is 9.87. The van der Waals surface area contributed by atoms with Crippen LogP contribution >= 0.6 is 0 Å². The molecule has 0 spiro atoms. The summed E-state index contributed by atoms with van der Waals surface area (Å²) in [5.74, 6) is -0.0134. The summed E-state index contributed by atoms with van der Waals surface area (Å²) in [6.07, 6.45) is 5.76. The van der Waals surface area contributed by atoms with Gasteiger partial charge in [0.25, 0.3) is 0 Å². The van der Waals surface area contributed by atoms with E-state index in [9.17, 15) is 14.9 Å². The first-order valence-electron chi connectivity index (χ1n) is 8.41. The van der Waals surface area contributed by atoms with Crippen molar-refractivity contribution in [2.24, 2.45) is 0 Å². The molecule has 1 aromatic heterocycles. The minimum Gasteiger partial charge on any atom is -0.401 e. The Bertz CT molecular complexity index is 889. The van der Waals surface area contributed by atoms with E-state index in [4.69, 9.17) is 4.42 Å². The number of benzene rings is 1. The zero-order valence-electron chi connectivity index (χ0n) is 14.8. The molecule has 3 rings (SSSR count). The number of furan rings is 1. The third-order valence-corrected chi connectivity index (χ3v) is 4.33. The van der Waals surface area contributed by atoms with Crippen molar-refractivity contribution < 1.29 is 14.1 Å². The van der Waals surface area contributed by atoms with Crippen LogP contribution in [0, 0.1) is 10.1 Å². The summed E-state index contributed by atoms with van der Waals surface area (Å²) >= 11 is 0. The highest BCUT2D eigenvalue weighted by Crippen LogP contribution is 2.29. The van der Waals surface area contributed by atoms with Crippen LogP contribution in [0.2, 0.25) is 0 Å². The van der Waals surface area contributed by atoms with Crippen LogP contribution in [0.1, 0.15) is 30.6 Å². The van der Waals surface area contributed by atoms with Crippen LogP contribution in [0.3, 0.4) is 0 Å². The van der Waals surface area contributed by atoms with E-state index in [2.05, 4.69) is 0 Å². The molecule has 0 bridgehead atoms. The molecule has 0 radical (unpaired) electrons. The molecule has 0 aliphatic heterocycles. The van der Waals surface area contributed by atoms with E-state index in [0.29, 0.717) is 17.8 Å². The van der Waals surface area contributed by atoms with Crippen molar-refractivity contribution in [2.75, 3.05) is 19.0 Å². The summed E-state index contributed by atoms with van der Waals surface area (Å²) in [6, 6.07) is 10.8. The fourth-order valence-electron chi connectivity index (χ4n) is 2.94. The molecule has 0 saturated heterocycles. The quantitative estimate of drug-likeness (QED) is 0.461. The molecule has 1 aliphatic rings. The summed E-state index contributed by atoms with van der Waals surface area (Å²) in [7, 11) is 3.96. The predicted molar refractivity (Wildman–Crippen MR) is 101 cm³/mol. The number of nitrogens with zero attached hydrogens (tertiary/aromatic N) is 2. The largest absolute Gasteiger partial charge is 0.433 e.